The maximum atomic E-state index is 13.6. The van der Waals surface area contributed by atoms with E-state index in [0.717, 1.165) is 18.1 Å². The number of nitrogens with two attached hydrogens (primary N) is 1. The standard InChI is InChI=1S/C24H27ClF3NO2/c1-15-7-8-17(11-16-5-4-6-19(12-16)31-3)23(30,22(15,2)14-29)18-9-10-21(25)20(13-18)24(26,27)28/h4-6,9-13,15,30H,7-8,14,29H2,1-3H3. The molecule has 1 saturated carbocycles. The molecule has 31 heavy (non-hydrogen) atoms. The number of alkyl halides is 3. The molecule has 0 saturated heterocycles. The third-order valence-electron chi connectivity index (χ3n) is 6.77. The molecule has 3 atom stereocenters. The third-order valence-corrected chi connectivity index (χ3v) is 7.10. The van der Waals surface area contributed by atoms with E-state index in [0.29, 0.717) is 17.7 Å². The Labute approximate surface area is 185 Å². The molecule has 7 heteroatoms. The summed E-state index contributed by atoms with van der Waals surface area (Å²) in [5.74, 6) is 0.629. The lowest BCUT2D eigenvalue weighted by atomic mass is 9.54. The van der Waals surface area contributed by atoms with Crippen molar-refractivity contribution in [2.45, 2.75) is 38.5 Å². The van der Waals surface area contributed by atoms with E-state index in [2.05, 4.69) is 0 Å². The van der Waals surface area contributed by atoms with E-state index in [1.165, 1.54) is 12.1 Å². The van der Waals surface area contributed by atoms with Crippen molar-refractivity contribution in [1.29, 1.82) is 0 Å². The van der Waals surface area contributed by atoms with Gasteiger partial charge in [-0.3, -0.25) is 0 Å². The minimum absolute atomic E-state index is 0.0185. The molecule has 3 unspecified atom stereocenters. The van der Waals surface area contributed by atoms with E-state index in [4.69, 9.17) is 22.1 Å². The molecule has 168 valence electrons. The first-order valence-corrected chi connectivity index (χ1v) is 10.5. The second-order valence-corrected chi connectivity index (χ2v) is 8.82. The van der Waals surface area contributed by atoms with Crippen molar-refractivity contribution in [3.63, 3.8) is 0 Å². The summed E-state index contributed by atoms with van der Waals surface area (Å²) in [7, 11) is 1.56. The van der Waals surface area contributed by atoms with Gasteiger partial charge in [-0.25, -0.2) is 0 Å². The normalized spacial score (nSPS) is 28.0. The number of ether oxygens (including phenoxy) is 1. The zero-order chi connectivity index (χ0) is 23.0. The summed E-state index contributed by atoms with van der Waals surface area (Å²) >= 11 is 5.84. The Morgan fingerprint density at radius 3 is 2.58 bits per heavy atom. The highest BCUT2D eigenvalue weighted by atomic mass is 35.5. The zero-order valence-corrected chi connectivity index (χ0v) is 18.5. The van der Waals surface area contributed by atoms with Crippen LogP contribution in [0.4, 0.5) is 13.2 Å². The predicted molar refractivity (Wildman–Crippen MR) is 117 cm³/mol. The van der Waals surface area contributed by atoms with Crippen LogP contribution >= 0.6 is 11.6 Å². The molecule has 1 fully saturated rings. The number of aliphatic hydroxyl groups is 1. The van der Waals surface area contributed by atoms with E-state index in [1.807, 2.05) is 38.1 Å². The predicted octanol–water partition coefficient (Wildman–Crippen LogP) is 6.03. The summed E-state index contributed by atoms with van der Waals surface area (Å²) in [5, 5.41) is 11.8. The van der Waals surface area contributed by atoms with Crippen LogP contribution in [0.3, 0.4) is 0 Å². The molecule has 0 spiro atoms. The van der Waals surface area contributed by atoms with Crippen molar-refractivity contribution >= 4 is 17.7 Å². The lowest BCUT2D eigenvalue weighted by Crippen LogP contribution is -2.56. The molecule has 0 amide bonds. The van der Waals surface area contributed by atoms with Gasteiger partial charge in [0, 0.05) is 12.0 Å². The summed E-state index contributed by atoms with van der Waals surface area (Å²) in [6, 6.07) is 10.9. The lowest BCUT2D eigenvalue weighted by molar-refractivity contribution is -0.138. The number of halogens is 4. The highest BCUT2D eigenvalue weighted by Crippen LogP contribution is 2.56. The van der Waals surface area contributed by atoms with Crippen LogP contribution in [0.1, 0.15) is 43.4 Å². The van der Waals surface area contributed by atoms with Crippen LogP contribution in [0, 0.1) is 11.3 Å². The van der Waals surface area contributed by atoms with E-state index < -0.39 is 27.8 Å². The molecular weight excluding hydrogens is 427 g/mol. The molecule has 0 bridgehead atoms. The summed E-state index contributed by atoms with van der Waals surface area (Å²) in [6.45, 7) is 3.91. The van der Waals surface area contributed by atoms with E-state index in [-0.39, 0.29) is 18.0 Å². The number of rotatable bonds is 4. The van der Waals surface area contributed by atoms with E-state index in [1.54, 1.807) is 13.2 Å². The van der Waals surface area contributed by atoms with Crippen molar-refractivity contribution in [3.8, 4) is 5.75 Å². The molecule has 0 heterocycles. The van der Waals surface area contributed by atoms with Crippen LogP contribution in [0.15, 0.2) is 48.0 Å². The average Bonchev–Trinajstić information content (AvgIpc) is 2.73. The second-order valence-electron chi connectivity index (χ2n) is 8.41. The topological polar surface area (TPSA) is 55.5 Å². The Balaban J connectivity index is 2.26. The number of methoxy groups -OCH3 is 1. The van der Waals surface area contributed by atoms with Gasteiger partial charge >= 0.3 is 6.18 Å². The quantitative estimate of drug-likeness (QED) is 0.594. The second kappa shape index (κ2) is 8.49. The highest BCUT2D eigenvalue weighted by molar-refractivity contribution is 6.31. The summed E-state index contributed by atoms with van der Waals surface area (Å²) < 4.78 is 46.0. The molecule has 0 radical (unpaired) electrons. The molecular formula is C24H27ClF3NO2. The number of benzene rings is 2. The molecule has 2 aromatic carbocycles. The first-order chi connectivity index (χ1) is 14.5. The van der Waals surface area contributed by atoms with Gasteiger partial charge in [0.2, 0.25) is 0 Å². The molecule has 1 aliphatic carbocycles. The molecule has 2 aromatic rings. The van der Waals surface area contributed by atoms with E-state index in [9.17, 15) is 18.3 Å². The third kappa shape index (κ3) is 4.09. The molecule has 0 aromatic heterocycles. The summed E-state index contributed by atoms with van der Waals surface area (Å²) in [5.41, 5.74) is 4.12. The van der Waals surface area contributed by atoms with Crippen LogP contribution in [0.25, 0.3) is 6.08 Å². The van der Waals surface area contributed by atoms with Crippen LogP contribution in [0.5, 0.6) is 5.75 Å². The van der Waals surface area contributed by atoms with Crippen molar-refractivity contribution < 1.29 is 23.0 Å². The average molecular weight is 454 g/mol. The summed E-state index contributed by atoms with van der Waals surface area (Å²) in [6.07, 6.45) is -1.54. The van der Waals surface area contributed by atoms with Gasteiger partial charge in [-0.05, 0) is 59.7 Å². The van der Waals surface area contributed by atoms with Gasteiger partial charge in [0.05, 0.1) is 17.7 Å². The Hall–Kier alpha value is -2.02. The molecule has 1 aliphatic rings. The molecule has 0 aliphatic heterocycles. The maximum Gasteiger partial charge on any atom is 0.417 e. The van der Waals surface area contributed by atoms with Crippen LogP contribution in [-0.2, 0) is 11.8 Å². The van der Waals surface area contributed by atoms with Gasteiger partial charge in [0.25, 0.3) is 0 Å². The lowest BCUT2D eigenvalue weighted by Gasteiger charge is -2.53. The number of hydrogen-bond donors (Lipinski definition) is 2. The highest BCUT2D eigenvalue weighted by Gasteiger charge is 2.55. The molecule has 3 rings (SSSR count). The van der Waals surface area contributed by atoms with Crippen LogP contribution in [0.2, 0.25) is 5.02 Å². The Morgan fingerprint density at radius 2 is 1.97 bits per heavy atom. The minimum atomic E-state index is -4.64. The smallest absolute Gasteiger partial charge is 0.417 e. The van der Waals surface area contributed by atoms with Crippen molar-refractivity contribution in [3.05, 3.63) is 69.8 Å². The van der Waals surface area contributed by atoms with Crippen molar-refractivity contribution in [2.75, 3.05) is 13.7 Å². The van der Waals surface area contributed by atoms with Gasteiger partial charge in [-0.2, -0.15) is 13.2 Å². The maximum absolute atomic E-state index is 13.6. The zero-order valence-electron chi connectivity index (χ0n) is 17.8. The van der Waals surface area contributed by atoms with Gasteiger partial charge in [-0.1, -0.05) is 49.7 Å². The minimum Gasteiger partial charge on any atom is -0.497 e. The van der Waals surface area contributed by atoms with Gasteiger partial charge in [-0.15, -0.1) is 0 Å². The first kappa shape index (κ1) is 23.6. The van der Waals surface area contributed by atoms with Gasteiger partial charge in [0.15, 0.2) is 0 Å². The monoisotopic (exact) mass is 453 g/mol. The molecule has 3 nitrogen and oxygen atoms in total. The Bertz CT molecular complexity index is 991. The molecule has 3 N–H and O–H groups in total. The Kier molecular flexibility index (Phi) is 6.47. The van der Waals surface area contributed by atoms with Crippen LogP contribution in [-0.4, -0.2) is 18.8 Å². The van der Waals surface area contributed by atoms with Crippen molar-refractivity contribution in [1.82, 2.24) is 0 Å². The SMILES string of the molecule is COc1cccc(C=C2CCC(C)C(C)(CN)C2(O)c2ccc(Cl)c(C(F)(F)F)c2)c1. The fraction of sp³-hybridized carbons (Fsp3) is 0.417. The fourth-order valence-corrected chi connectivity index (χ4v) is 4.76. The number of hydrogen-bond acceptors (Lipinski definition) is 3. The van der Waals surface area contributed by atoms with Crippen molar-refractivity contribution in [2.24, 2.45) is 17.1 Å². The van der Waals surface area contributed by atoms with Gasteiger partial charge in [0.1, 0.15) is 11.4 Å². The fourth-order valence-electron chi connectivity index (χ4n) is 4.54. The Morgan fingerprint density at radius 1 is 1.26 bits per heavy atom. The summed E-state index contributed by atoms with van der Waals surface area (Å²) in [4.78, 5) is 0. The van der Waals surface area contributed by atoms with Crippen LogP contribution < -0.4 is 10.5 Å². The largest absolute Gasteiger partial charge is 0.497 e. The van der Waals surface area contributed by atoms with E-state index >= 15 is 0 Å². The first-order valence-electron chi connectivity index (χ1n) is 10.1. The van der Waals surface area contributed by atoms with Gasteiger partial charge < -0.3 is 15.6 Å².